The van der Waals surface area contributed by atoms with Gasteiger partial charge in [0.2, 0.25) is 5.88 Å². The lowest BCUT2D eigenvalue weighted by Gasteiger charge is -2.09. The first kappa shape index (κ1) is 19.6. The second-order valence-corrected chi connectivity index (χ2v) is 6.64. The lowest BCUT2D eigenvalue weighted by molar-refractivity contribution is 0.151. The number of hydrogen-bond acceptors (Lipinski definition) is 7. The van der Waals surface area contributed by atoms with Gasteiger partial charge in [0.15, 0.2) is 5.82 Å². The maximum Gasteiger partial charge on any atom is 0.265 e. The molecule has 4 aromatic rings. The van der Waals surface area contributed by atoms with Gasteiger partial charge in [0, 0.05) is 29.1 Å². The molecule has 1 N–H and O–H groups in total. The molecule has 0 atom stereocenters. The van der Waals surface area contributed by atoms with Crippen molar-refractivity contribution in [1.29, 1.82) is 0 Å². The predicted molar refractivity (Wildman–Crippen MR) is 102 cm³/mol. The molecular formula is C19H18F2N8O. The van der Waals surface area contributed by atoms with E-state index in [9.17, 15) is 8.78 Å². The molecule has 11 heteroatoms. The smallest absolute Gasteiger partial charge is 0.265 e. The zero-order valence-electron chi connectivity index (χ0n) is 16.5. The van der Waals surface area contributed by atoms with E-state index in [1.807, 2.05) is 13.8 Å². The number of halogens is 2. The molecule has 4 aromatic heterocycles. The number of rotatable bonds is 6. The average molecular weight is 412 g/mol. The standard InChI is InChI=1S/C19H18F2N8O/c1-10-15(29(28-25-10)16-6-4-13(8-22-16)19(20)21)9-30-17-7-5-14(26-27-17)18-11(2)23-24-12(18)3/h4-8,19H,9H2,1-3H3,(H,23,24). The molecule has 0 amide bonds. The number of aromatic amines is 1. The summed E-state index contributed by atoms with van der Waals surface area (Å²) in [5.74, 6) is 0.691. The van der Waals surface area contributed by atoms with Gasteiger partial charge in [0.1, 0.15) is 12.3 Å². The van der Waals surface area contributed by atoms with Crippen molar-refractivity contribution in [3.63, 3.8) is 0 Å². The van der Waals surface area contributed by atoms with Crippen molar-refractivity contribution in [2.75, 3.05) is 0 Å². The average Bonchev–Trinajstić information content (AvgIpc) is 3.28. The Morgan fingerprint density at radius 1 is 1.03 bits per heavy atom. The fourth-order valence-electron chi connectivity index (χ4n) is 2.98. The Bertz CT molecular complexity index is 1130. The molecule has 0 spiro atoms. The number of aryl methyl sites for hydroxylation is 3. The monoisotopic (exact) mass is 412 g/mol. The second kappa shape index (κ2) is 7.93. The fraction of sp³-hybridized carbons (Fsp3) is 0.263. The summed E-state index contributed by atoms with van der Waals surface area (Å²) in [6.07, 6.45) is -1.46. The Morgan fingerprint density at radius 3 is 2.47 bits per heavy atom. The van der Waals surface area contributed by atoms with Crippen molar-refractivity contribution in [2.24, 2.45) is 0 Å². The Kier molecular flexibility index (Phi) is 5.17. The third kappa shape index (κ3) is 3.73. The number of pyridine rings is 1. The minimum atomic E-state index is -2.58. The summed E-state index contributed by atoms with van der Waals surface area (Å²) in [5, 5.41) is 23.5. The fourth-order valence-corrected chi connectivity index (χ4v) is 2.98. The first-order chi connectivity index (χ1) is 14.4. The van der Waals surface area contributed by atoms with Crippen LogP contribution in [0, 0.1) is 20.8 Å². The summed E-state index contributed by atoms with van der Waals surface area (Å²) in [4.78, 5) is 4.04. The molecule has 0 unspecified atom stereocenters. The second-order valence-electron chi connectivity index (χ2n) is 6.64. The highest BCUT2D eigenvalue weighted by Gasteiger charge is 2.15. The molecule has 0 saturated heterocycles. The zero-order chi connectivity index (χ0) is 21.3. The summed E-state index contributed by atoms with van der Waals surface area (Å²) >= 11 is 0. The van der Waals surface area contributed by atoms with Crippen molar-refractivity contribution >= 4 is 0 Å². The van der Waals surface area contributed by atoms with Crippen molar-refractivity contribution in [3.8, 4) is 23.0 Å². The molecule has 0 radical (unpaired) electrons. The van der Waals surface area contributed by atoms with Gasteiger partial charge in [-0.2, -0.15) is 9.78 Å². The molecule has 0 saturated carbocycles. The van der Waals surface area contributed by atoms with Gasteiger partial charge >= 0.3 is 0 Å². The van der Waals surface area contributed by atoms with Crippen LogP contribution in [-0.2, 0) is 6.61 Å². The maximum absolute atomic E-state index is 12.7. The van der Waals surface area contributed by atoms with Crippen molar-refractivity contribution in [3.05, 3.63) is 58.8 Å². The number of alkyl halides is 2. The topological polar surface area (TPSA) is 107 Å². The normalized spacial score (nSPS) is 11.3. The summed E-state index contributed by atoms with van der Waals surface area (Å²) in [7, 11) is 0. The molecule has 0 aliphatic carbocycles. The lowest BCUT2D eigenvalue weighted by Crippen LogP contribution is -2.09. The van der Waals surface area contributed by atoms with E-state index in [1.165, 1.54) is 16.8 Å². The molecule has 9 nitrogen and oxygen atoms in total. The summed E-state index contributed by atoms with van der Waals surface area (Å²) in [5.41, 5.74) is 4.44. The van der Waals surface area contributed by atoms with E-state index >= 15 is 0 Å². The molecule has 0 aliphatic heterocycles. The number of H-pyrrole nitrogens is 1. The van der Waals surface area contributed by atoms with Crippen LogP contribution in [0.25, 0.3) is 17.1 Å². The maximum atomic E-state index is 12.7. The Balaban J connectivity index is 1.51. The Labute approximate surface area is 170 Å². The van der Waals surface area contributed by atoms with Crippen LogP contribution in [0.2, 0.25) is 0 Å². The predicted octanol–water partition coefficient (Wildman–Crippen LogP) is 3.28. The van der Waals surface area contributed by atoms with Crippen molar-refractivity contribution < 1.29 is 13.5 Å². The van der Waals surface area contributed by atoms with Gasteiger partial charge in [0.25, 0.3) is 6.43 Å². The highest BCUT2D eigenvalue weighted by molar-refractivity contribution is 5.64. The summed E-state index contributed by atoms with van der Waals surface area (Å²) in [6, 6.07) is 6.29. The van der Waals surface area contributed by atoms with Gasteiger partial charge in [0.05, 0.1) is 17.1 Å². The molecule has 0 fully saturated rings. The van der Waals surface area contributed by atoms with Crippen LogP contribution in [0.4, 0.5) is 8.78 Å². The van der Waals surface area contributed by atoms with E-state index < -0.39 is 6.43 Å². The van der Waals surface area contributed by atoms with Crippen molar-refractivity contribution in [1.82, 2.24) is 40.4 Å². The van der Waals surface area contributed by atoms with E-state index in [-0.39, 0.29) is 12.2 Å². The molecule has 4 heterocycles. The first-order valence-electron chi connectivity index (χ1n) is 9.08. The number of nitrogens with zero attached hydrogens (tertiary/aromatic N) is 7. The Hall–Kier alpha value is -3.76. The van der Waals surface area contributed by atoms with Gasteiger partial charge in [-0.15, -0.1) is 15.3 Å². The lowest BCUT2D eigenvalue weighted by atomic mass is 10.1. The molecular weight excluding hydrogens is 394 g/mol. The van der Waals surface area contributed by atoms with Gasteiger partial charge in [-0.25, -0.2) is 13.8 Å². The SMILES string of the molecule is Cc1n[nH]c(C)c1-c1ccc(OCc2c(C)nnn2-c2ccc(C(F)F)cn2)nn1. The zero-order valence-corrected chi connectivity index (χ0v) is 16.5. The Morgan fingerprint density at radius 2 is 1.87 bits per heavy atom. The minimum Gasteiger partial charge on any atom is -0.470 e. The van der Waals surface area contributed by atoms with Crippen LogP contribution in [0.15, 0.2) is 30.5 Å². The quantitative estimate of drug-likeness (QED) is 0.518. The van der Waals surface area contributed by atoms with Crippen LogP contribution in [0.1, 0.15) is 34.8 Å². The van der Waals surface area contributed by atoms with E-state index in [0.717, 1.165) is 23.1 Å². The van der Waals surface area contributed by atoms with Crippen molar-refractivity contribution in [2.45, 2.75) is 33.8 Å². The number of hydrogen-bond donors (Lipinski definition) is 1. The van der Waals surface area contributed by atoms with E-state index in [0.29, 0.717) is 28.8 Å². The molecule has 0 aliphatic rings. The van der Waals surface area contributed by atoms with E-state index in [2.05, 4.69) is 35.7 Å². The third-order valence-electron chi connectivity index (χ3n) is 4.58. The summed E-state index contributed by atoms with van der Waals surface area (Å²) < 4.78 is 32.7. The number of ether oxygens (including phenoxy) is 1. The highest BCUT2D eigenvalue weighted by Crippen LogP contribution is 2.24. The summed E-state index contributed by atoms with van der Waals surface area (Å²) in [6.45, 7) is 5.69. The third-order valence-corrected chi connectivity index (χ3v) is 4.58. The number of nitrogens with one attached hydrogen (secondary N) is 1. The van der Waals surface area contributed by atoms with Gasteiger partial charge in [-0.1, -0.05) is 5.21 Å². The number of aromatic nitrogens is 8. The van der Waals surface area contributed by atoms with Crippen LogP contribution in [-0.4, -0.2) is 40.4 Å². The van der Waals surface area contributed by atoms with Gasteiger partial charge in [-0.05, 0) is 39.0 Å². The van der Waals surface area contributed by atoms with Crippen LogP contribution < -0.4 is 4.74 Å². The molecule has 4 rings (SSSR count). The molecule has 154 valence electrons. The van der Waals surface area contributed by atoms with E-state index in [1.54, 1.807) is 19.1 Å². The molecule has 30 heavy (non-hydrogen) atoms. The minimum absolute atomic E-state index is 0.106. The highest BCUT2D eigenvalue weighted by atomic mass is 19.3. The van der Waals surface area contributed by atoms with Gasteiger partial charge in [-0.3, -0.25) is 5.10 Å². The first-order valence-corrected chi connectivity index (χ1v) is 9.08. The largest absolute Gasteiger partial charge is 0.470 e. The molecule has 0 bridgehead atoms. The van der Waals surface area contributed by atoms with Gasteiger partial charge < -0.3 is 4.74 Å². The molecule has 0 aromatic carbocycles. The van der Waals surface area contributed by atoms with Crippen LogP contribution in [0.3, 0.4) is 0 Å². The van der Waals surface area contributed by atoms with E-state index in [4.69, 9.17) is 4.74 Å². The van der Waals surface area contributed by atoms with Crippen LogP contribution >= 0.6 is 0 Å². The van der Waals surface area contributed by atoms with Crippen LogP contribution in [0.5, 0.6) is 5.88 Å².